The number of aromatic nitrogens is 7. The number of amides is 6. The molecule has 0 radical (unpaired) electrons. The Morgan fingerprint density at radius 1 is 0.858 bits per heavy atom. The highest BCUT2D eigenvalue weighted by Gasteiger charge is 2.50. The summed E-state index contributed by atoms with van der Waals surface area (Å²) in [5, 5.41) is 56.1. The number of rotatable bonds is 13. The lowest BCUT2D eigenvalue weighted by molar-refractivity contribution is -0.280. The molecule has 5 aliphatic heterocycles. The van der Waals surface area contributed by atoms with Crippen LogP contribution in [0.25, 0.3) is 49.3 Å². The number of hydrogen-bond donors (Lipinski definition) is 9. The number of fused-ring (bicyclic) bond motifs is 15. The van der Waals surface area contributed by atoms with Crippen molar-refractivity contribution in [3.63, 3.8) is 0 Å². The number of nitrogens with one attached hydrogen (secondary N) is 5. The molecule has 2 saturated heterocycles. The topological polar surface area (TPSA) is 446 Å². The lowest BCUT2D eigenvalue weighted by atomic mass is 9.85. The largest absolute Gasteiger partial charge is 0.506 e. The van der Waals surface area contributed by atoms with Crippen LogP contribution in [-0.2, 0) is 60.8 Å². The first-order valence-electron chi connectivity index (χ1n) is 33.0. The number of cyclic esters (lactones) is 2. The highest BCUT2D eigenvalue weighted by molar-refractivity contribution is 7.14. The third kappa shape index (κ3) is 15.4. The van der Waals surface area contributed by atoms with Gasteiger partial charge in [-0.2, -0.15) is 4.73 Å². The number of benzene rings is 1. The van der Waals surface area contributed by atoms with Crippen LogP contribution in [0.15, 0.2) is 69.2 Å². The number of carbonyl (C=O) groups excluding carboxylic acids is 8. The molecule has 558 valence electrons. The van der Waals surface area contributed by atoms with Gasteiger partial charge in [0.1, 0.15) is 126 Å². The summed E-state index contributed by atoms with van der Waals surface area (Å²) in [4.78, 5) is 155. The Morgan fingerprint density at radius 2 is 1.54 bits per heavy atom. The number of nitrogens with two attached hydrogens (primary N) is 1. The minimum atomic E-state index is -1.90. The number of ether oxygens (including phenoxy) is 7. The van der Waals surface area contributed by atoms with Crippen LogP contribution in [0.1, 0.15) is 125 Å². The SMILES string of the molecule is C=C(NC(=O)c1csc(-c2nc3c(cc2O)-c2nc(cs2)C(=O)NC(C(C)O)C(=O)NC(=C(C)OC)c2nc(cs2)C(=O)NC2c4nc(cs4)C(=O)NC(COC(=O)c4c5c6c(cccc6n4OCCN4CCOCC4)COC(=O)C(OC4CC(C)(O)C(N(C)C)C(C)O4)C2OC5)c2nc-3cs2)n1)C(N)=O. The molecule has 0 aliphatic carbocycles. The fourth-order valence-corrected chi connectivity index (χ4v) is 17.1. The number of nitrogens with zero attached hydrogens (tertiary/aromatic N) is 9. The zero-order valence-electron chi connectivity index (χ0n) is 57.7. The summed E-state index contributed by atoms with van der Waals surface area (Å²) in [5.74, 6) is -8.00. The van der Waals surface area contributed by atoms with Crippen LogP contribution in [0.3, 0.4) is 0 Å². The second kappa shape index (κ2) is 31.1. The van der Waals surface area contributed by atoms with E-state index in [2.05, 4.69) is 53.0 Å². The molecular formula is C67H71N15O19S5. The van der Waals surface area contributed by atoms with Gasteiger partial charge in [-0.25, -0.2) is 39.5 Å². The molecule has 0 spiro atoms. The third-order valence-electron chi connectivity index (χ3n) is 18.0. The number of aromatic hydroxyl groups is 1. The van der Waals surface area contributed by atoms with Crippen molar-refractivity contribution in [3.8, 4) is 38.4 Å². The summed E-state index contributed by atoms with van der Waals surface area (Å²) in [6, 6.07) is 1.12. The minimum absolute atomic E-state index is 0.00225. The molecule has 10 N–H and O–H groups in total. The molecule has 10 atom stereocenters. The van der Waals surface area contributed by atoms with Crippen LogP contribution < -0.4 is 37.2 Å². The lowest BCUT2D eigenvalue weighted by Gasteiger charge is -2.48. The van der Waals surface area contributed by atoms with Gasteiger partial charge in [0, 0.05) is 69.5 Å². The van der Waals surface area contributed by atoms with E-state index in [0.29, 0.717) is 49.3 Å². The Morgan fingerprint density at radius 3 is 2.26 bits per heavy atom. The number of hydrogen-bond acceptors (Lipinski definition) is 32. The highest BCUT2D eigenvalue weighted by Crippen LogP contribution is 2.43. The molecule has 1 aromatic carbocycles. The Kier molecular flexibility index (Phi) is 21.9. The minimum Gasteiger partial charge on any atom is -0.506 e. The smallest absolute Gasteiger partial charge is 0.358 e. The fraction of sp³-hybridized carbons (Fsp3) is 0.403. The van der Waals surface area contributed by atoms with Gasteiger partial charge in [-0.15, -0.1) is 56.7 Å². The van der Waals surface area contributed by atoms with E-state index >= 15 is 19.2 Å². The van der Waals surface area contributed by atoms with Gasteiger partial charge in [0.05, 0.1) is 62.0 Å². The van der Waals surface area contributed by atoms with Gasteiger partial charge in [0.15, 0.2) is 18.1 Å². The quantitative estimate of drug-likeness (QED) is 0.0453. The van der Waals surface area contributed by atoms with Crippen LogP contribution in [0.5, 0.6) is 5.75 Å². The van der Waals surface area contributed by atoms with Crippen molar-refractivity contribution in [3.05, 3.63) is 124 Å². The molecule has 106 heavy (non-hydrogen) atoms. The van der Waals surface area contributed by atoms with Crippen molar-refractivity contribution in [2.24, 2.45) is 5.73 Å². The van der Waals surface area contributed by atoms with Crippen molar-refractivity contribution in [2.45, 2.75) is 108 Å². The van der Waals surface area contributed by atoms with Gasteiger partial charge in [-0.3, -0.25) is 33.7 Å². The summed E-state index contributed by atoms with van der Waals surface area (Å²) in [5.41, 5.74) is 2.97. The molecule has 34 nitrogen and oxygen atoms in total. The normalized spacial score (nSPS) is 24.1. The Bertz CT molecular complexity index is 4820. The maximum atomic E-state index is 15.7. The number of aliphatic hydroxyl groups excluding tert-OH is 1. The van der Waals surface area contributed by atoms with E-state index in [-0.39, 0.29) is 106 Å². The highest BCUT2D eigenvalue weighted by atomic mass is 32.1. The van der Waals surface area contributed by atoms with E-state index in [1.807, 2.05) is 0 Å². The van der Waals surface area contributed by atoms with E-state index in [9.17, 15) is 34.5 Å². The van der Waals surface area contributed by atoms with Crippen LogP contribution in [0.4, 0.5) is 0 Å². The van der Waals surface area contributed by atoms with Crippen molar-refractivity contribution in [1.82, 2.24) is 71.0 Å². The Balaban J connectivity index is 1.00. The van der Waals surface area contributed by atoms with Gasteiger partial charge in [-0.05, 0) is 59.5 Å². The first kappa shape index (κ1) is 74.6. The maximum Gasteiger partial charge on any atom is 0.358 e. The average Bonchev–Trinajstić information content (AvgIpc) is 1.64. The first-order chi connectivity index (χ1) is 50.7. The third-order valence-corrected chi connectivity index (χ3v) is 22.5. The summed E-state index contributed by atoms with van der Waals surface area (Å²) in [6.45, 7) is 10.5. The molecule has 10 unspecified atom stereocenters. The summed E-state index contributed by atoms with van der Waals surface area (Å²) >= 11 is 4.57. The van der Waals surface area contributed by atoms with Gasteiger partial charge in [0.2, 0.25) is 5.91 Å². The molecule has 7 aromatic heterocycles. The number of methoxy groups -OCH3 is 1. The summed E-state index contributed by atoms with van der Waals surface area (Å²) in [6.07, 6.45) is -7.50. The van der Waals surface area contributed by atoms with Crippen LogP contribution in [-0.4, -0.2) is 223 Å². The fourth-order valence-electron chi connectivity index (χ4n) is 12.9. The molecule has 0 saturated carbocycles. The summed E-state index contributed by atoms with van der Waals surface area (Å²) < 4.78 is 45.5. The number of carbonyl (C=O) groups is 8. The Hall–Kier alpha value is -9.62. The molecule has 13 rings (SSSR count). The standard InChI is InChI=1S/C67H71N15O19S5/c1-28(54(68)85)69-55(86)37-25-105-63(74-37)48-42(84)18-33-47(76-48)36-23-103-61(71-36)35-22-98-65(91)50-34-21-96-51(52(101-43-19-67(5,93)53(80(6)7)31(4)100-43)66(92)97-20-32-10-9-11-41(44(32)34)82(50)99-17-14-81-12-15-95-16-13-81)49(64-75-38(26-106-64)56(87)70-35)79-58(89)40-27-104-62(73-40)46(30(3)94-8)78-59(90)45(29(2)83)77-57(88)39-24-102-60(33)72-39/h9-11,18,23-27,29,31,35,43,45,49,51-53,83-84,93H,1,12-17,19-22H2,2-8H3,(H2,68,85)(H,69,86)(H,70,87)(H,77,88)(H,78,90)(H,79,89). The number of primary amides is 1. The van der Waals surface area contributed by atoms with E-state index in [4.69, 9.17) is 58.7 Å². The number of allylic oxidation sites excluding steroid dienone is 1. The molecule has 8 aromatic rings. The molecule has 12 heterocycles. The van der Waals surface area contributed by atoms with Gasteiger partial charge < -0.3 is 90.5 Å². The predicted molar refractivity (Wildman–Crippen MR) is 382 cm³/mol. The van der Waals surface area contributed by atoms with Crippen molar-refractivity contribution in [1.29, 1.82) is 0 Å². The van der Waals surface area contributed by atoms with Crippen LogP contribution in [0, 0.1) is 0 Å². The average molecular weight is 1550 g/mol. The van der Waals surface area contributed by atoms with Crippen molar-refractivity contribution in [2.75, 3.05) is 67.3 Å². The predicted octanol–water partition coefficient (Wildman–Crippen LogP) is 3.42. The number of thiazole rings is 5. The van der Waals surface area contributed by atoms with E-state index in [1.165, 1.54) is 53.3 Å². The molecule has 5 aliphatic rings. The Labute approximate surface area is 622 Å². The molecule has 6 amide bonds. The van der Waals surface area contributed by atoms with Crippen molar-refractivity contribution >= 4 is 121 Å². The van der Waals surface area contributed by atoms with Crippen LogP contribution >= 0.6 is 56.7 Å². The first-order valence-corrected chi connectivity index (χ1v) is 37.4. The number of aliphatic hydroxyl groups is 2. The maximum absolute atomic E-state index is 15.7. The number of esters is 2. The van der Waals surface area contributed by atoms with E-state index < -0.39 is 139 Å². The number of pyridine rings is 1. The second-order valence-corrected chi connectivity index (χ2v) is 30.0. The number of morpholine rings is 1. The zero-order valence-corrected chi connectivity index (χ0v) is 61.8. The van der Waals surface area contributed by atoms with Gasteiger partial charge in [-0.1, -0.05) is 18.7 Å². The van der Waals surface area contributed by atoms with Crippen molar-refractivity contribution < 1.29 is 91.7 Å². The monoisotopic (exact) mass is 1550 g/mol. The van der Waals surface area contributed by atoms with Crippen LogP contribution in [0.2, 0.25) is 0 Å². The zero-order chi connectivity index (χ0) is 75.2. The van der Waals surface area contributed by atoms with Gasteiger partial charge >= 0.3 is 11.9 Å². The summed E-state index contributed by atoms with van der Waals surface area (Å²) in [7, 11) is 4.88. The molecule has 12 bridgehead atoms. The second-order valence-electron chi connectivity index (χ2n) is 25.6. The molecule has 39 heteroatoms. The molecule has 2 fully saturated rings. The van der Waals surface area contributed by atoms with E-state index in [0.717, 1.165) is 56.7 Å². The van der Waals surface area contributed by atoms with Gasteiger partial charge in [0.25, 0.3) is 29.5 Å². The number of likely N-dealkylation sites (N-methyl/N-ethyl adjacent to an activating group) is 1. The molecular weight excluding hydrogens is 1480 g/mol. The van der Waals surface area contributed by atoms with E-state index in [1.54, 1.807) is 56.4 Å². The lowest BCUT2D eigenvalue weighted by Crippen LogP contribution is -2.62.